The lowest BCUT2D eigenvalue weighted by Crippen LogP contribution is -2.01. The van der Waals surface area contributed by atoms with Gasteiger partial charge in [0, 0.05) is 17.1 Å². The molecule has 0 saturated heterocycles. The number of hydrogen-bond donors (Lipinski definition) is 0. The third-order valence-electron chi connectivity index (χ3n) is 4.32. The minimum atomic E-state index is -3.63. The van der Waals surface area contributed by atoms with Crippen LogP contribution in [0.3, 0.4) is 0 Å². The molecule has 0 N–H and O–H groups in total. The van der Waals surface area contributed by atoms with E-state index in [-0.39, 0.29) is 0 Å². The number of pyridine rings is 1. The Kier molecular flexibility index (Phi) is 4.13. The summed E-state index contributed by atoms with van der Waals surface area (Å²) < 4.78 is 27.1. The lowest BCUT2D eigenvalue weighted by atomic mass is 10.0. The van der Waals surface area contributed by atoms with Gasteiger partial charge in [0.25, 0.3) is 0 Å². The van der Waals surface area contributed by atoms with E-state index in [9.17, 15) is 8.42 Å². The third kappa shape index (κ3) is 2.83. The van der Waals surface area contributed by atoms with Crippen LogP contribution in [0.15, 0.2) is 76.0 Å². The van der Waals surface area contributed by atoms with Crippen molar-refractivity contribution in [2.45, 2.75) is 23.0 Å². The van der Waals surface area contributed by atoms with Gasteiger partial charge in [0.1, 0.15) is 9.04 Å². The minimum absolute atomic E-state index is 0.317. The fraction of sp³-hybridized carbons (Fsp3) is 0.0952. The second-order valence-electron chi connectivity index (χ2n) is 6.31. The van der Waals surface area contributed by atoms with Crippen LogP contribution in [0.5, 0.6) is 0 Å². The fourth-order valence-corrected chi connectivity index (χ4v) is 6.16. The molecule has 3 nitrogen and oxygen atoms in total. The minimum Gasteiger partial charge on any atom is -0.245 e. The predicted molar refractivity (Wildman–Crippen MR) is 106 cm³/mol. The van der Waals surface area contributed by atoms with Crippen LogP contribution in [-0.4, -0.2) is 13.4 Å². The number of thiophene rings is 1. The zero-order chi connectivity index (χ0) is 18.3. The Balaban J connectivity index is 2.04. The number of sulfone groups is 1. The van der Waals surface area contributed by atoms with E-state index >= 15 is 0 Å². The molecule has 0 fully saturated rings. The molecule has 5 heteroatoms. The third-order valence-corrected chi connectivity index (χ3v) is 7.70. The number of hydrogen-bond acceptors (Lipinski definition) is 4. The van der Waals surface area contributed by atoms with Crippen LogP contribution in [0.2, 0.25) is 0 Å². The Morgan fingerprint density at radius 3 is 2.38 bits per heavy atom. The van der Waals surface area contributed by atoms with Crippen molar-refractivity contribution in [3.8, 4) is 11.1 Å². The monoisotopic (exact) mass is 379 g/mol. The number of nitrogens with zero attached hydrogens (tertiary/aromatic N) is 1. The number of rotatable bonds is 3. The molecule has 0 atom stereocenters. The zero-order valence-electron chi connectivity index (χ0n) is 14.4. The van der Waals surface area contributed by atoms with E-state index in [1.807, 2.05) is 56.3 Å². The molecule has 0 amide bonds. The highest BCUT2D eigenvalue weighted by molar-refractivity contribution is 7.93. The van der Waals surface area contributed by atoms with E-state index in [1.165, 1.54) is 11.3 Å². The number of benzene rings is 2. The molecule has 4 aromatic rings. The fourth-order valence-electron chi connectivity index (χ4n) is 2.98. The highest BCUT2D eigenvalue weighted by Gasteiger charge is 2.27. The lowest BCUT2D eigenvalue weighted by molar-refractivity contribution is 0.598. The maximum absolute atomic E-state index is 13.4. The van der Waals surface area contributed by atoms with E-state index in [2.05, 4.69) is 4.98 Å². The first kappa shape index (κ1) is 16.9. The van der Waals surface area contributed by atoms with Gasteiger partial charge in [-0.05, 0) is 49.2 Å². The van der Waals surface area contributed by atoms with Crippen LogP contribution in [0.25, 0.3) is 21.3 Å². The van der Waals surface area contributed by atoms with Crippen molar-refractivity contribution in [1.82, 2.24) is 4.98 Å². The SMILES string of the molecule is Cc1ccc(-c2c(S(=O)(=O)c3cccc(C)c3)sc3ncccc23)cc1. The van der Waals surface area contributed by atoms with Crippen molar-refractivity contribution in [2.24, 2.45) is 0 Å². The molecule has 4 rings (SSSR count). The molecule has 0 unspecified atom stereocenters. The summed E-state index contributed by atoms with van der Waals surface area (Å²) in [7, 11) is -3.63. The van der Waals surface area contributed by atoms with Crippen LogP contribution in [0, 0.1) is 13.8 Å². The van der Waals surface area contributed by atoms with Crippen LogP contribution in [-0.2, 0) is 9.84 Å². The van der Waals surface area contributed by atoms with Crippen molar-refractivity contribution in [1.29, 1.82) is 0 Å². The summed E-state index contributed by atoms with van der Waals surface area (Å²) in [4.78, 5) is 5.43. The highest BCUT2D eigenvalue weighted by atomic mass is 32.2. The van der Waals surface area contributed by atoms with E-state index in [0.29, 0.717) is 9.10 Å². The first-order valence-electron chi connectivity index (χ1n) is 8.23. The van der Waals surface area contributed by atoms with Gasteiger partial charge in [-0.25, -0.2) is 13.4 Å². The van der Waals surface area contributed by atoms with Gasteiger partial charge < -0.3 is 0 Å². The van der Waals surface area contributed by atoms with Crippen molar-refractivity contribution in [2.75, 3.05) is 0 Å². The zero-order valence-corrected chi connectivity index (χ0v) is 16.1. The van der Waals surface area contributed by atoms with Crippen molar-refractivity contribution >= 4 is 31.4 Å². The first-order chi connectivity index (χ1) is 12.5. The van der Waals surface area contributed by atoms with Gasteiger partial charge in [-0.2, -0.15) is 0 Å². The van der Waals surface area contributed by atoms with E-state index < -0.39 is 9.84 Å². The van der Waals surface area contributed by atoms with Gasteiger partial charge in [0.05, 0.1) is 4.90 Å². The Labute approximate surface area is 156 Å². The predicted octanol–water partition coefficient (Wildman–Crippen LogP) is 5.41. The molecule has 0 aliphatic rings. The van der Waals surface area contributed by atoms with Gasteiger partial charge in [-0.1, -0.05) is 42.0 Å². The molecule has 26 heavy (non-hydrogen) atoms. The summed E-state index contributed by atoms with van der Waals surface area (Å²) in [6.07, 6.45) is 1.70. The smallest absolute Gasteiger partial charge is 0.216 e. The van der Waals surface area contributed by atoms with Crippen LogP contribution >= 0.6 is 11.3 Å². The summed E-state index contributed by atoms with van der Waals surface area (Å²) in [5.74, 6) is 0. The Bertz CT molecular complexity index is 1210. The van der Waals surface area contributed by atoms with Gasteiger partial charge in [-0.15, -0.1) is 11.3 Å². The quantitative estimate of drug-likeness (QED) is 0.478. The first-order valence-corrected chi connectivity index (χ1v) is 10.5. The molecule has 2 aromatic heterocycles. The Morgan fingerprint density at radius 1 is 0.885 bits per heavy atom. The van der Waals surface area contributed by atoms with Crippen LogP contribution in [0.1, 0.15) is 11.1 Å². The summed E-state index contributed by atoms with van der Waals surface area (Å²) >= 11 is 1.23. The van der Waals surface area contributed by atoms with Gasteiger partial charge in [-0.3, -0.25) is 0 Å². The van der Waals surface area contributed by atoms with Crippen LogP contribution in [0.4, 0.5) is 0 Å². The largest absolute Gasteiger partial charge is 0.245 e. The topological polar surface area (TPSA) is 47.0 Å². The Morgan fingerprint density at radius 2 is 1.65 bits per heavy atom. The van der Waals surface area contributed by atoms with Gasteiger partial charge in [0.2, 0.25) is 9.84 Å². The summed E-state index contributed by atoms with van der Waals surface area (Å²) in [6, 6.07) is 18.8. The van der Waals surface area contributed by atoms with Crippen molar-refractivity contribution < 1.29 is 8.42 Å². The molecule has 0 saturated carbocycles. The summed E-state index contributed by atoms with van der Waals surface area (Å²) in [5.41, 5.74) is 3.68. The number of fused-ring (bicyclic) bond motifs is 1. The van der Waals surface area contributed by atoms with Crippen molar-refractivity contribution in [3.05, 3.63) is 78.0 Å². The molecular formula is C21H17NO2S2. The van der Waals surface area contributed by atoms with Crippen molar-refractivity contribution in [3.63, 3.8) is 0 Å². The highest BCUT2D eigenvalue weighted by Crippen LogP contribution is 2.42. The van der Waals surface area contributed by atoms with Crippen LogP contribution < -0.4 is 0 Å². The van der Waals surface area contributed by atoms with Gasteiger partial charge in [0.15, 0.2) is 0 Å². The number of aryl methyl sites for hydroxylation is 2. The average Bonchev–Trinajstić information content (AvgIpc) is 3.03. The molecule has 0 aliphatic carbocycles. The molecule has 2 heterocycles. The van der Waals surface area contributed by atoms with E-state index in [4.69, 9.17) is 0 Å². The summed E-state index contributed by atoms with van der Waals surface area (Å²) in [5, 5.41) is 0.868. The molecule has 0 bridgehead atoms. The molecule has 130 valence electrons. The Hall–Kier alpha value is -2.50. The van der Waals surface area contributed by atoms with E-state index in [1.54, 1.807) is 24.4 Å². The maximum Gasteiger partial charge on any atom is 0.216 e. The molecule has 0 spiro atoms. The maximum atomic E-state index is 13.4. The van der Waals surface area contributed by atoms with E-state index in [0.717, 1.165) is 32.5 Å². The second kappa shape index (κ2) is 6.34. The molecular weight excluding hydrogens is 362 g/mol. The average molecular weight is 380 g/mol. The molecule has 0 radical (unpaired) electrons. The lowest BCUT2D eigenvalue weighted by Gasteiger charge is -2.08. The van der Waals surface area contributed by atoms with Gasteiger partial charge >= 0.3 is 0 Å². The summed E-state index contributed by atoms with van der Waals surface area (Å²) in [6.45, 7) is 3.91. The molecule has 2 aromatic carbocycles. The normalized spacial score (nSPS) is 11.8. The standard InChI is InChI=1S/C21H17NO2S2/c1-14-8-10-16(11-9-14)19-18-7-4-12-22-20(18)25-21(19)26(23,24)17-6-3-5-15(2)13-17/h3-13H,1-2H3. The second-order valence-corrected chi connectivity index (χ2v) is 9.45. The molecule has 0 aliphatic heterocycles. The number of aromatic nitrogens is 1.